The smallest absolute Gasteiger partial charge is 0 e. The number of rotatable bonds is 0. The van der Waals surface area contributed by atoms with Gasteiger partial charge >= 0.3 is 0 Å². The van der Waals surface area contributed by atoms with E-state index in [0.717, 1.165) is 0 Å². The summed E-state index contributed by atoms with van der Waals surface area (Å²) in [7, 11) is 0. The van der Waals surface area contributed by atoms with Gasteiger partial charge in [0.25, 0.3) is 0 Å². The fraction of sp³-hybridized carbons (Fsp3) is 0. The number of hydrogen-bond acceptors (Lipinski definition) is 0. The van der Waals surface area contributed by atoms with Crippen molar-refractivity contribution in [2.24, 2.45) is 0 Å². The van der Waals surface area contributed by atoms with E-state index in [1.54, 1.807) is 0 Å². The molecule has 4 heteroatoms. The van der Waals surface area contributed by atoms with E-state index in [4.69, 9.17) is 0 Å². The fourth-order valence-corrected chi connectivity index (χ4v) is 0. The molecule has 0 saturated carbocycles. The van der Waals surface area contributed by atoms with Crippen molar-refractivity contribution in [3.05, 3.63) is 0 Å². The first-order valence-electron chi connectivity index (χ1n) is 0. The number of hydrogen-bond donors (Lipinski definition) is 0. The first-order chi connectivity index (χ1) is 0. The van der Waals surface area contributed by atoms with Crippen molar-refractivity contribution >= 4 is 63.6 Å². The Kier molecular flexibility index (Phi) is 98.7. The summed E-state index contributed by atoms with van der Waals surface area (Å²) < 4.78 is 0. The third kappa shape index (κ3) is 9.26. The van der Waals surface area contributed by atoms with E-state index in [1.807, 2.05) is 0 Å². The van der Waals surface area contributed by atoms with E-state index in [0.29, 0.717) is 0 Å². The summed E-state index contributed by atoms with van der Waals surface area (Å²) in [5, 5.41) is 0. The van der Waals surface area contributed by atoms with Crippen molar-refractivity contribution in [1.82, 2.24) is 0 Å². The van der Waals surface area contributed by atoms with E-state index in [1.165, 1.54) is 0 Å². The monoisotopic (exact) mass is 295 g/mol. The van der Waals surface area contributed by atoms with Gasteiger partial charge in [-0.25, -0.2) is 0 Å². The molecular weight excluding hydrogens is 295 g/mol. The van der Waals surface area contributed by atoms with Gasteiger partial charge in [0.15, 0.2) is 0 Å². The first-order valence-corrected chi connectivity index (χ1v) is 0. The van der Waals surface area contributed by atoms with Crippen LogP contribution in [0.1, 0.15) is 0 Å². The van der Waals surface area contributed by atoms with Crippen molar-refractivity contribution in [3.63, 3.8) is 0 Å². The van der Waals surface area contributed by atoms with Crippen LogP contribution in [0, 0.1) is 0 Å². The summed E-state index contributed by atoms with van der Waals surface area (Å²) >= 11 is 0. The molecule has 4 heavy (non-hydrogen) atoms. The van der Waals surface area contributed by atoms with E-state index >= 15 is 0 Å². The van der Waals surface area contributed by atoms with E-state index in [9.17, 15) is 0 Å². The summed E-state index contributed by atoms with van der Waals surface area (Å²) in [6.07, 6.45) is 0. The average Bonchev–Trinajstić information content (AvgIpc) is 0. The third-order valence-corrected chi connectivity index (χ3v) is 0. The molecule has 0 atom stereocenters. The van der Waals surface area contributed by atoms with Gasteiger partial charge in [0, 0.05) is 115 Å². The molecule has 0 saturated heterocycles. The maximum Gasteiger partial charge on any atom is 0 e. The molecule has 0 N–H and O–H groups in total. The SMILES string of the molecule is [Ca].[In].[V].[Y]. The second kappa shape index (κ2) is 15.8. The van der Waals surface area contributed by atoms with Gasteiger partial charge in [0.1, 0.15) is 0 Å². The van der Waals surface area contributed by atoms with Crippen LogP contribution in [0.5, 0.6) is 0 Å². The van der Waals surface area contributed by atoms with Crippen LogP contribution in [0.2, 0.25) is 0 Å². The van der Waals surface area contributed by atoms with Gasteiger partial charge in [0.2, 0.25) is 0 Å². The third-order valence-electron chi connectivity index (χ3n) is 0. The molecule has 0 aromatic carbocycles. The maximum absolute atomic E-state index is 0. The zero-order valence-electron chi connectivity index (χ0n) is 2.31. The van der Waals surface area contributed by atoms with Crippen LogP contribution < -0.4 is 0 Å². The van der Waals surface area contributed by atoms with Gasteiger partial charge in [-0.15, -0.1) is 0 Å². The van der Waals surface area contributed by atoms with E-state index in [2.05, 4.69) is 0 Å². The van der Waals surface area contributed by atoms with Crippen LogP contribution in [-0.2, 0) is 51.3 Å². The molecule has 0 fully saturated rings. The van der Waals surface area contributed by atoms with Gasteiger partial charge in [-0.2, -0.15) is 0 Å². The zero-order chi connectivity index (χ0) is 0. The van der Waals surface area contributed by atoms with Crippen LogP contribution in [0.15, 0.2) is 0 Å². The summed E-state index contributed by atoms with van der Waals surface area (Å²) in [5.74, 6) is 0. The van der Waals surface area contributed by atoms with E-state index < -0.39 is 0 Å². The van der Waals surface area contributed by atoms with Crippen molar-refractivity contribution < 1.29 is 51.3 Å². The second-order valence-corrected chi connectivity index (χ2v) is 0. The molecule has 0 unspecified atom stereocenters. The predicted octanol–water partition coefficient (Wildman–Crippen LogP) is -0.767. The van der Waals surface area contributed by atoms with Gasteiger partial charge in [-0.1, -0.05) is 0 Å². The Bertz CT molecular complexity index is 8.00. The van der Waals surface area contributed by atoms with E-state index in [-0.39, 0.29) is 115 Å². The minimum atomic E-state index is 0. The summed E-state index contributed by atoms with van der Waals surface area (Å²) in [4.78, 5) is 0. The van der Waals surface area contributed by atoms with Crippen LogP contribution in [0.4, 0.5) is 0 Å². The normalized spacial score (nSPS) is 0. The maximum atomic E-state index is 0. The molecule has 0 aliphatic carbocycles. The Hall–Kier alpha value is 3.82. The Balaban J connectivity index is 0. The van der Waals surface area contributed by atoms with Crippen LogP contribution in [-0.4, -0.2) is 63.6 Å². The van der Waals surface area contributed by atoms with Crippen molar-refractivity contribution in [1.29, 1.82) is 0 Å². The zero-order valence-corrected chi connectivity index (χ0v) is 12.0. The van der Waals surface area contributed by atoms with Gasteiger partial charge < -0.3 is 0 Å². The van der Waals surface area contributed by atoms with Gasteiger partial charge in [-0.05, 0) is 0 Å². The van der Waals surface area contributed by atoms with Crippen LogP contribution in [0.3, 0.4) is 0 Å². The molecule has 0 nitrogen and oxygen atoms in total. The van der Waals surface area contributed by atoms with Crippen molar-refractivity contribution in [3.8, 4) is 0 Å². The Morgan fingerprint density at radius 1 is 1.00 bits per heavy atom. The Morgan fingerprint density at radius 3 is 1.00 bits per heavy atom. The molecule has 13 valence electrons. The summed E-state index contributed by atoms with van der Waals surface area (Å²) in [6, 6.07) is 0. The van der Waals surface area contributed by atoms with Crippen LogP contribution >= 0.6 is 0 Å². The summed E-state index contributed by atoms with van der Waals surface area (Å²) in [6.45, 7) is 0. The molecule has 0 spiro atoms. The molecule has 0 aliphatic heterocycles. The molecule has 0 aromatic heterocycles. The second-order valence-electron chi connectivity index (χ2n) is 0. The van der Waals surface area contributed by atoms with Gasteiger partial charge in [0.05, 0.1) is 0 Å². The molecule has 0 rings (SSSR count). The minimum absolute atomic E-state index is 0. The average molecular weight is 295 g/mol. The Labute approximate surface area is 112 Å². The predicted molar refractivity (Wildman–Crippen MR) is 11.5 cm³/mol. The van der Waals surface area contributed by atoms with Crippen molar-refractivity contribution in [2.75, 3.05) is 0 Å². The van der Waals surface area contributed by atoms with Crippen molar-refractivity contribution in [2.45, 2.75) is 0 Å². The molecule has 0 amide bonds. The molecule has 0 aromatic rings. The molecular formula is CaInVY. The molecule has 0 heterocycles. The largest absolute Gasteiger partial charge is 0 e. The standard InChI is InChI=1S/Ca.In.V.Y. The van der Waals surface area contributed by atoms with Gasteiger partial charge in [-0.3, -0.25) is 0 Å². The topological polar surface area (TPSA) is 0 Å². The molecule has 7 radical (unpaired) electrons. The van der Waals surface area contributed by atoms with Crippen LogP contribution in [0.25, 0.3) is 0 Å². The Morgan fingerprint density at radius 2 is 1.00 bits per heavy atom. The molecule has 0 bridgehead atoms. The minimum Gasteiger partial charge on any atom is 0 e. The fourth-order valence-electron chi connectivity index (χ4n) is 0. The quantitative estimate of drug-likeness (QED) is 0.515. The summed E-state index contributed by atoms with van der Waals surface area (Å²) in [5.41, 5.74) is 0. The first kappa shape index (κ1) is 24.9. The molecule has 0 aliphatic rings.